The largest absolute Gasteiger partial charge is 0.361 e. The predicted molar refractivity (Wildman–Crippen MR) is 108 cm³/mol. The van der Waals surface area contributed by atoms with Gasteiger partial charge in [-0.15, -0.1) is 0 Å². The molecule has 5 nitrogen and oxygen atoms in total. The lowest BCUT2D eigenvalue weighted by molar-refractivity contribution is 0.0949. The topological polar surface area (TPSA) is 69.8 Å². The summed E-state index contributed by atoms with van der Waals surface area (Å²) in [5.41, 5.74) is 3.08. The van der Waals surface area contributed by atoms with E-state index in [1.54, 1.807) is 12.1 Å². The van der Waals surface area contributed by atoms with Crippen LogP contribution in [0.1, 0.15) is 16.1 Å². The fourth-order valence-electron chi connectivity index (χ4n) is 3.09. The standard InChI is InChI=1S/C22H18F2N4O/c23-15-5-7-20(18(24)11-15)28-16-6-8-21(27-13-16)22(29)25-10-9-14-12-26-19-4-2-1-3-17(14)19/h1-8,11-13,26,28H,9-10H2,(H,25,29). The molecule has 29 heavy (non-hydrogen) atoms. The van der Waals surface area contributed by atoms with Crippen LogP contribution in [0, 0.1) is 11.6 Å². The summed E-state index contributed by atoms with van der Waals surface area (Å²) in [7, 11) is 0. The third-order valence-electron chi connectivity index (χ3n) is 4.56. The number of aromatic amines is 1. The van der Waals surface area contributed by atoms with Crippen LogP contribution in [0.25, 0.3) is 10.9 Å². The van der Waals surface area contributed by atoms with E-state index in [0.29, 0.717) is 18.7 Å². The van der Waals surface area contributed by atoms with Crippen molar-refractivity contribution in [3.8, 4) is 0 Å². The van der Waals surface area contributed by atoms with Crippen molar-refractivity contribution in [2.75, 3.05) is 11.9 Å². The average Bonchev–Trinajstić information content (AvgIpc) is 3.14. The molecule has 146 valence electrons. The zero-order valence-electron chi connectivity index (χ0n) is 15.4. The molecule has 0 atom stereocenters. The van der Waals surface area contributed by atoms with Gasteiger partial charge in [-0.2, -0.15) is 0 Å². The number of carbonyl (C=O) groups is 1. The van der Waals surface area contributed by atoms with E-state index in [0.717, 1.165) is 28.6 Å². The minimum atomic E-state index is -0.705. The molecule has 4 aromatic rings. The number of pyridine rings is 1. The van der Waals surface area contributed by atoms with Crippen LogP contribution in [-0.2, 0) is 6.42 Å². The van der Waals surface area contributed by atoms with Gasteiger partial charge in [0.2, 0.25) is 0 Å². The average molecular weight is 392 g/mol. The van der Waals surface area contributed by atoms with E-state index in [-0.39, 0.29) is 17.3 Å². The van der Waals surface area contributed by atoms with Gasteiger partial charge in [0.05, 0.1) is 17.6 Å². The summed E-state index contributed by atoms with van der Waals surface area (Å²) in [6.45, 7) is 0.475. The second-order valence-corrected chi connectivity index (χ2v) is 6.55. The molecule has 0 aliphatic heterocycles. The number of aromatic nitrogens is 2. The molecule has 0 saturated carbocycles. The lowest BCUT2D eigenvalue weighted by Gasteiger charge is -2.08. The Labute approximate surface area is 165 Å². The highest BCUT2D eigenvalue weighted by Gasteiger charge is 2.09. The highest BCUT2D eigenvalue weighted by molar-refractivity contribution is 5.92. The number of nitrogens with one attached hydrogen (secondary N) is 3. The lowest BCUT2D eigenvalue weighted by atomic mass is 10.1. The number of rotatable bonds is 6. The van der Waals surface area contributed by atoms with Crippen LogP contribution in [-0.4, -0.2) is 22.4 Å². The molecule has 1 amide bonds. The molecule has 0 fully saturated rings. The number of anilines is 2. The molecular formula is C22H18F2N4O. The van der Waals surface area contributed by atoms with E-state index in [1.165, 1.54) is 12.3 Å². The van der Waals surface area contributed by atoms with Crippen LogP contribution in [0.15, 0.2) is 67.0 Å². The van der Waals surface area contributed by atoms with Crippen LogP contribution in [0.5, 0.6) is 0 Å². The summed E-state index contributed by atoms with van der Waals surface area (Å²) in [6.07, 6.45) is 4.07. The van der Waals surface area contributed by atoms with Crippen LogP contribution in [0.4, 0.5) is 20.2 Å². The minimum absolute atomic E-state index is 0.129. The Morgan fingerprint density at radius 3 is 2.72 bits per heavy atom. The van der Waals surface area contributed by atoms with Crippen molar-refractivity contribution in [3.05, 3.63) is 89.9 Å². The number of H-pyrrole nitrogens is 1. The molecule has 0 bridgehead atoms. The van der Waals surface area contributed by atoms with Crippen LogP contribution >= 0.6 is 0 Å². The fourth-order valence-corrected chi connectivity index (χ4v) is 3.09. The smallest absolute Gasteiger partial charge is 0.269 e. The van der Waals surface area contributed by atoms with Gasteiger partial charge in [-0.25, -0.2) is 13.8 Å². The summed E-state index contributed by atoms with van der Waals surface area (Å²) in [4.78, 5) is 19.6. The summed E-state index contributed by atoms with van der Waals surface area (Å²) in [5.74, 6) is -1.64. The molecule has 7 heteroatoms. The summed E-state index contributed by atoms with van der Waals surface area (Å²) < 4.78 is 26.7. The van der Waals surface area contributed by atoms with Gasteiger partial charge in [-0.3, -0.25) is 4.79 Å². The highest BCUT2D eigenvalue weighted by Crippen LogP contribution is 2.20. The fraction of sp³-hybridized carbons (Fsp3) is 0.0909. The summed E-state index contributed by atoms with van der Waals surface area (Å²) in [5, 5.41) is 6.80. The molecule has 2 aromatic carbocycles. The van der Waals surface area contributed by atoms with Gasteiger partial charge in [0.15, 0.2) is 0 Å². The van der Waals surface area contributed by atoms with E-state index in [9.17, 15) is 13.6 Å². The molecule has 3 N–H and O–H groups in total. The SMILES string of the molecule is O=C(NCCc1c[nH]c2ccccc12)c1ccc(Nc2ccc(F)cc2F)cn1. The van der Waals surface area contributed by atoms with Crippen LogP contribution in [0.3, 0.4) is 0 Å². The summed E-state index contributed by atoms with van der Waals surface area (Å²) >= 11 is 0. The van der Waals surface area contributed by atoms with Gasteiger partial charge in [0.25, 0.3) is 5.91 Å². The third kappa shape index (κ3) is 4.24. The molecule has 0 radical (unpaired) electrons. The number of amides is 1. The zero-order chi connectivity index (χ0) is 20.2. The second-order valence-electron chi connectivity index (χ2n) is 6.55. The Morgan fingerprint density at radius 2 is 1.93 bits per heavy atom. The lowest BCUT2D eigenvalue weighted by Crippen LogP contribution is -2.26. The van der Waals surface area contributed by atoms with Gasteiger partial charge in [0, 0.05) is 29.7 Å². The Bertz CT molecular complexity index is 1160. The first kappa shape index (κ1) is 18.6. The van der Waals surface area contributed by atoms with Gasteiger partial charge < -0.3 is 15.6 Å². The van der Waals surface area contributed by atoms with Gasteiger partial charge in [-0.1, -0.05) is 18.2 Å². The molecule has 0 aliphatic carbocycles. The van der Waals surface area contributed by atoms with Crippen molar-refractivity contribution in [1.29, 1.82) is 0 Å². The predicted octanol–water partition coefficient (Wildman–Crippen LogP) is 4.56. The number of fused-ring (bicyclic) bond motifs is 1. The zero-order valence-corrected chi connectivity index (χ0v) is 15.4. The molecule has 0 unspecified atom stereocenters. The van der Waals surface area contributed by atoms with Gasteiger partial charge in [0.1, 0.15) is 17.3 Å². The normalized spacial score (nSPS) is 10.8. The Morgan fingerprint density at radius 1 is 1.07 bits per heavy atom. The van der Waals surface area contributed by atoms with Gasteiger partial charge >= 0.3 is 0 Å². The maximum Gasteiger partial charge on any atom is 0.269 e. The van der Waals surface area contributed by atoms with Crippen molar-refractivity contribution < 1.29 is 13.6 Å². The van der Waals surface area contributed by atoms with E-state index in [2.05, 4.69) is 20.6 Å². The molecular weight excluding hydrogens is 374 g/mol. The van der Waals surface area contributed by atoms with Crippen molar-refractivity contribution in [2.45, 2.75) is 6.42 Å². The first-order valence-corrected chi connectivity index (χ1v) is 9.11. The number of benzene rings is 2. The van der Waals surface area contributed by atoms with E-state index >= 15 is 0 Å². The first-order valence-electron chi connectivity index (χ1n) is 9.11. The molecule has 0 saturated heterocycles. The first-order chi connectivity index (χ1) is 14.1. The second kappa shape index (κ2) is 8.10. The van der Waals surface area contributed by atoms with Crippen molar-refractivity contribution >= 4 is 28.2 Å². The quantitative estimate of drug-likeness (QED) is 0.451. The van der Waals surface area contributed by atoms with E-state index in [1.807, 2.05) is 30.5 Å². The molecule has 2 aromatic heterocycles. The van der Waals surface area contributed by atoms with Crippen LogP contribution < -0.4 is 10.6 Å². The maximum absolute atomic E-state index is 13.7. The van der Waals surface area contributed by atoms with E-state index in [4.69, 9.17) is 0 Å². The van der Waals surface area contributed by atoms with E-state index < -0.39 is 11.6 Å². The maximum atomic E-state index is 13.7. The van der Waals surface area contributed by atoms with Crippen LogP contribution in [0.2, 0.25) is 0 Å². The number of nitrogens with zero attached hydrogens (tertiary/aromatic N) is 1. The Balaban J connectivity index is 1.34. The third-order valence-corrected chi connectivity index (χ3v) is 4.56. The molecule has 0 aliphatic rings. The molecule has 2 heterocycles. The minimum Gasteiger partial charge on any atom is -0.361 e. The Kier molecular flexibility index (Phi) is 5.20. The number of para-hydroxylation sites is 1. The number of hydrogen-bond acceptors (Lipinski definition) is 3. The number of halogens is 2. The number of hydrogen-bond donors (Lipinski definition) is 3. The van der Waals surface area contributed by atoms with Crippen molar-refractivity contribution in [3.63, 3.8) is 0 Å². The number of carbonyl (C=O) groups excluding carboxylic acids is 1. The monoisotopic (exact) mass is 392 g/mol. The Hall–Kier alpha value is -3.74. The van der Waals surface area contributed by atoms with Crippen molar-refractivity contribution in [1.82, 2.24) is 15.3 Å². The molecule has 4 rings (SSSR count). The van der Waals surface area contributed by atoms with Crippen molar-refractivity contribution in [2.24, 2.45) is 0 Å². The molecule has 0 spiro atoms. The van der Waals surface area contributed by atoms with Gasteiger partial charge in [-0.05, 0) is 42.3 Å². The highest BCUT2D eigenvalue weighted by atomic mass is 19.1. The summed E-state index contributed by atoms with van der Waals surface area (Å²) in [6, 6.07) is 14.4.